The summed E-state index contributed by atoms with van der Waals surface area (Å²) in [4.78, 5) is 15.9. The number of aromatic nitrogens is 1. The van der Waals surface area contributed by atoms with Crippen LogP contribution >= 0.6 is 11.8 Å². The zero-order valence-electron chi connectivity index (χ0n) is 11.3. The van der Waals surface area contributed by atoms with Crippen molar-refractivity contribution in [1.82, 2.24) is 4.98 Å². The van der Waals surface area contributed by atoms with E-state index in [4.69, 9.17) is 10.5 Å². The van der Waals surface area contributed by atoms with Crippen molar-refractivity contribution in [1.29, 1.82) is 0 Å². The van der Waals surface area contributed by atoms with Crippen molar-refractivity contribution in [2.75, 3.05) is 12.3 Å². The average molecular weight is 268 g/mol. The van der Waals surface area contributed by atoms with E-state index in [1.807, 2.05) is 0 Å². The number of nitrogen functional groups attached to an aromatic ring is 1. The molecule has 0 aliphatic heterocycles. The van der Waals surface area contributed by atoms with E-state index in [2.05, 4.69) is 25.8 Å². The molecule has 100 valence electrons. The summed E-state index contributed by atoms with van der Waals surface area (Å²) >= 11 is 1.58. The van der Waals surface area contributed by atoms with Crippen LogP contribution in [0.25, 0.3) is 0 Å². The predicted octanol–water partition coefficient (Wildman–Crippen LogP) is 2.98. The van der Waals surface area contributed by atoms with Gasteiger partial charge in [-0.2, -0.15) is 0 Å². The number of nitrogens with two attached hydrogens (primary N) is 1. The fraction of sp³-hybridized carbons (Fsp3) is 0.538. The van der Waals surface area contributed by atoms with Crippen LogP contribution in [0, 0.1) is 5.92 Å². The number of nitrogens with zero attached hydrogens (tertiary/aromatic N) is 1. The maximum absolute atomic E-state index is 11.7. The van der Waals surface area contributed by atoms with Gasteiger partial charge in [0.15, 0.2) is 0 Å². The summed E-state index contributed by atoms with van der Waals surface area (Å²) in [6.07, 6.45) is 1.60. The van der Waals surface area contributed by atoms with Crippen molar-refractivity contribution < 1.29 is 9.53 Å². The molecule has 0 aromatic carbocycles. The van der Waals surface area contributed by atoms with Crippen LogP contribution in [0.15, 0.2) is 17.3 Å². The molecule has 0 amide bonds. The molecule has 4 nitrogen and oxygen atoms in total. The van der Waals surface area contributed by atoms with E-state index < -0.39 is 5.97 Å². The van der Waals surface area contributed by atoms with Crippen LogP contribution in [-0.4, -0.2) is 22.8 Å². The Kier molecular flexibility index (Phi) is 5.47. The minimum atomic E-state index is -0.392. The molecule has 1 heterocycles. The highest BCUT2D eigenvalue weighted by atomic mass is 32.2. The van der Waals surface area contributed by atoms with Gasteiger partial charge in [0.2, 0.25) is 0 Å². The van der Waals surface area contributed by atoms with E-state index in [0.29, 0.717) is 34.1 Å². The van der Waals surface area contributed by atoms with Crippen LogP contribution in [0.5, 0.6) is 0 Å². The minimum absolute atomic E-state index is 0.339. The van der Waals surface area contributed by atoms with Gasteiger partial charge < -0.3 is 10.5 Å². The molecule has 0 spiro atoms. The van der Waals surface area contributed by atoms with Crippen LogP contribution in [-0.2, 0) is 4.74 Å². The van der Waals surface area contributed by atoms with Gasteiger partial charge in [-0.1, -0.05) is 20.8 Å². The number of carbonyl (C=O) groups is 1. The number of ether oxygens (including phenoxy) is 1. The van der Waals surface area contributed by atoms with Crippen LogP contribution in [0.4, 0.5) is 5.69 Å². The monoisotopic (exact) mass is 268 g/mol. The minimum Gasteiger partial charge on any atom is -0.462 e. The molecule has 0 saturated heterocycles. The molecule has 0 fully saturated rings. The maximum Gasteiger partial charge on any atom is 0.340 e. The number of anilines is 1. The standard InChI is InChI=1S/C13H20N2O2S/c1-5-17-13(16)10-6-7-15-12(11(10)14)18-9(4)8(2)3/h6-9H,5,14H2,1-4H3. The van der Waals surface area contributed by atoms with E-state index in [0.717, 1.165) is 0 Å². The zero-order valence-corrected chi connectivity index (χ0v) is 12.1. The third-order valence-corrected chi connectivity index (χ3v) is 4.15. The average Bonchev–Trinajstić information content (AvgIpc) is 2.31. The van der Waals surface area contributed by atoms with E-state index in [9.17, 15) is 4.79 Å². The molecule has 0 radical (unpaired) electrons. The Morgan fingerprint density at radius 1 is 1.50 bits per heavy atom. The molecule has 18 heavy (non-hydrogen) atoms. The maximum atomic E-state index is 11.7. The largest absolute Gasteiger partial charge is 0.462 e. The summed E-state index contributed by atoms with van der Waals surface area (Å²) in [7, 11) is 0. The summed E-state index contributed by atoms with van der Waals surface area (Å²) in [6.45, 7) is 8.51. The summed E-state index contributed by atoms with van der Waals surface area (Å²) < 4.78 is 4.96. The van der Waals surface area contributed by atoms with Crippen molar-refractivity contribution in [3.8, 4) is 0 Å². The van der Waals surface area contributed by atoms with Gasteiger partial charge in [-0.3, -0.25) is 0 Å². The zero-order chi connectivity index (χ0) is 13.7. The number of pyridine rings is 1. The lowest BCUT2D eigenvalue weighted by Gasteiger charge is -2.16. The smallest absolute Gasteiger partial charge is 0.340 e. The van der Waals surface area contributed by atoms with Crippen LogP contribution < -0.4 is 5.73 Å². The van der Waals surface area contributed by atoms with Gasteiger partial charge >= 0.3 is 5.97 Å². The van der Waals surface area contributed by atoms with Crippen LogP contribution in [0.1, 0.15) is 38.1 Å². The highest BCUT2D eigenvalue weighted by molar-refractivity contribution is 8.00. The Balaban J connectivity index is 2.95. The number of esters is 1. The number of hydrogen-bond donors (Lipinski definition) is 1. The lowest BCUT2D eigenvalue weighted by molar-refractivity contribution is 0.0527. The van der Waals surface area contributed by atoms with Gasteiger partial charge in [0.05, 0.1) is 17.9 Å². The Hall–Kier alpha value is -1.23. The van der Waals surface area contributed by atoms with Crippen molar-refractivity contribution >= 4 is 23.4 Å². The second kappa shape index (κ2) is 6.64. The van der Waals surface area contributed by atoms with Gasteiger partial charge in [0, 0.05) is 11.4 Å². The molecule has 1 aromatic heterocycles. The first-order valence-electron chi connectivity index (χ1n) is 6.05. The van der Waals surface area contributed by atoms with Gasteiger partial charge in [-0.25, -0.2) is 9.78 Å². The molecule has 1 rings (SSSR count). The molecular weight excluding hydrogens is 248 g/mol. The molecule has 0 aliphatic rings. The van der Waals surface area contributed by atoms with E-state index >= 15 is 0 Å². The third kappa shape index (κ3) is 3.63. The number of carbonyl (C=O) groups excluding carboxylic acids is 1. The molecule has 0 bridgehead atoms. The first kappa shape index (κ1) is 14.8. The summed E-state index contributed by atoms with van der Waals surface area (Å²) in [5.74, 6) is 0.124. The Bertz CT molecular complexity index is 421. The molecule has 5 heteroatoms. The Morgan fingerprint density at radius 2 is 2.17 bits per heavy atom. The fourth-order valence-corrected chi connectivity index (χ4v) is 2.23. The molecule has 1 atom stereocenters. The summed E-state index contributed by atoms with van der Waals surface area (Å²) in [5, 5.41) is 1.08. The fourth-order valence-electron chi connectivity index (χ4n) is 1.25. The molecule has 2 N–H and O–H groups in total. The lowest BCUT2D eigenvalue weighted by Crippen LogP contribution is -2.11. The van der Waals surface area contributed by atoms with Gasteiger partial charge in [0.1, 0.15) is 5.03 Å². The normalized spacial score (nSPS) is 12.5. The Labute approximate surface area is 112 Å². The third-order valence-electron chi connectivity index (χ3n) is 2.69. The van der Waals surface area contributed by atoms with Crippen LogP contribution in [0.2, 0.25) is 0 Å². The lowest BCUT2D eigenvalue weighted by atomic mass is 10.2. The quantitative estimate of drug-likeness (QED) is 0.657. The van der Waals surface area contributed by atoms with E-state index in [-0.39, 0.29) is 0 Å². The first-order chi connectivity index (χ1) is 8.47. The molecule has 0 aliphatic carbocycles. The molecule has 1 aromatic rings. The van der Waals surface area contributed by atoms with Gasteiger partial charge in [0.25, 0.3) is 0 Å². The van der Waals surface area contributed by atoms with Crippen molar-refractivity contribution in [3.63, 3.8) is 0 Å². The van der Waals surface area contributed by atoms with E-state index in [1.165, 1.54) is 0 Å². The van der Waals surface area contributed by atoms with Crippen molar-refractivity contribution in [3.05, 3.63) is 17.8 Å². The molecule has 1 unspecified atom stereocenters. The summed E-state index contributed by atoms with van der Waals surface area (Å²) in [6, 6.07) is 1.59. The number of thioether (sulfide) groups is 1. The number of hydrogen-bond acceptors (Lipinski definition) is 5. The topological polar surface area (TPSA) is 65.2 Å². The van der Waals surface area contributed by atoms with Crippen molar-refractivity contribution in [2.24, 2.45) is 5.92 Å². The molecular formula is C13H20N2O2S. The number of rotatable bonds is 5. The highest BCUT2D eigenvalue weighted by Crippen LogP contribution is 2.31. The Morgan fingerprint density at radius 3 is 2.72 bits per heavy atom. The van der Waals surface area contributed by atoms with Crippen molar-refractivity contribution in [2.45, 2.75) is 38.0 Å². The first-order valence-corrected chi connectivity index (χ1v) is 6.93. The summed E-state index contributed by atoms with van der Waals surface area (Å²) in [5.41, 5.74) is 6.78. The SMILES string of the molecule is CCOC(=O)c1ccnc(SC(C)C(C)C)c1N. The molecule has 0 saturated carbocycles. The highest BCUT2D eigenvalue weighted by Gasteiger charge is 2.17. The van der Waals surface area contributed by atoms with Gasteiger partial charge in [-0.05, 0) is 18.9 Å². The van der Waals surface area contributed by atoms with Crippen LogP contribution in [0.3, 0.4) is 0 Å². The van der Waals surface area contributed by atoms with Gasteiger partial charge in [-0.15, -0.1) is 11.8 Å². The van der Waals surface area contributed by atoms with E-state index in [1.54, 1.807) is 30.9 Å². The second-order valence-electron chi connectivity index (χ2n) is 4.36. The predicted molar refractivity (Wildman–Crippen MR) is 74.8 cm³/mol. The second-order valence-corrected chi connectivity index (χ2v) is 5.73.